The molecule has 1 amide bonds. The summed E-state index contributed by atoms with van der Waals surface area (Å²) in [6, 6.07) is 24.6. The molecule has 5 nitrogen and oxygen atoms in total. The van der Waals surface area contributed by atoms with Crippen molar-refractivity contribution in [3.8, 4) is 5.88 Å². The van der Waals surface area contributed by atoms with Crippen LogP contribution in [0.15, 0.2) is 83.9 Å². The summed E-state index contributed by atoms with van der Waals surface area (Å²) >= 11 is 0. The highest BCUT2D eigenvalue weighted by atomic mass is 16.3. The standard InChI is InChI=1S/C24H21N3O2/c1-27(2)24(29)17-11-8-12-18(15-17)25-22(16-9-4-3-5-10-16)21-19-13-6-7-14-20(19)26-23(21)28/h3-15,26,28H,1-2H3. The summed E-state index contributed by atoms with van der Waals surface area (Å²) in [6.45, 7) is 0. The molecule has 29 heavy (non-hydrogen) atoms. The smallest absolute Gasteiger partial charge is 0.253 e. The zero-order valence-corrected chi connectivity index (χ0v) is 16.3. The van der Waals surface area contributed by atoms with Gasteiger partial charge in [0.2, 0.25) is 0 Å². The van der Waals surface area contributed by atoms with Crippen LogP contribution in [-0.4, -0.2) is 40.7 Å². The Bertz CT molecular complexity index is 1210. The Morgan fingerprint density at radius 1 is 0.897 bits per heavy atom. The molecule has 3 aromatic carbocycles. The first-order valence-corrected chi connectivity index (χ1v) is 9.30. The number of aromatic amines is 1. The van der Waals surface area contributed by atoms with Gasteiger partial charge in [-0.2, -0.15) is 0 Å². The number of aromatic hydroxyl groups is 1. The maximum Gasteiger partial charge on any atom is 0.253 e. The second-order valence-electron chi connectivity index (χ2n) is 6.97. The SMILES string of the molecule is CN(C)C(=O)c1cccc(N=C(c2ccccc2)c2c(O)[nH]c3ccccc23)c1. The normalized spacial score (nSPS) is 11.6. The summed E-state index contributed by atoms with van der Waals surface area (Å²) in [7, 11) is 3.44. The van der Waals surface area contributed by atoms with Crippen molar-refractivity contribution in [2.45, 2.75) is 0 Å². The van der Waals surface area contributed by atoms with Crippen LogP contribution in [0.3, 0.4) is 0 Å². The Balaban J connectivity index is 1.92. The Morgan fingerprint density at radius 2 is 1.59 bits per heavy atom. The fourth-order valence-corrected chi connectivity index (χ4v) is 3.32. The number of hydrogen-bond donors (Lipinski definition) is 2. The minimum atomic E-state index is -0.0850. The number of carbonyl (C=O) groups excluding carboxylic acids is 1. The van der Waals surface area contributed by atoms with Crippen LogP contribution in [0, 0.1) is 0 Å². The zero-order chi connectivity index (χ0) is 20.4. The Kier molecular flexibility index (Phi) is 4.87. The van der Waals surface area contributed by atoms with Gasteiger partial charge < -0.3 is 15.0 Å². The lowest BCUT2D eigenvalue weighted by molar-refractivity contribution is 0.0827. The number of rotatable bonds is 4. The minimum Gasteiger partial charge on any atom is -0.494 e. The molecule has 0 aliphatic rings. The van der Waals surface area contributed by atoms with Crippen molar-refractivity contribution in [2.24, 2.45) is 4.99 Å². The van der Waals surface area contributed by atoms with E-state index in [1.54, 1.807) is 26.2 Å². The Labute approximate surface area is 169 Å². The van der Waals surface area contributed by atoms with Crippen molar-refractivity contribution >= 4 is 28.2 Å². The van der Waals surface area contributed by atoms with Gasteiger partial charge in [0.1, 0.15) is 0 Å². The third-order valence-electron chi connectivity index (χ3n) is 4.71. The number of fused-ring (bicyclic) bond motifs is 1. The highest BCUT2D eigenvalue weighted by molar-refractivity contribution is 6.21. The second-order valence-corrected chi connectivity index (χ2v) is 6.97. The molecule has 0 spiro atoms. The molecule has 0 atom stereocenters. The minimum absolute atomic E-state index is 0.0642. The zero-order valence-electron chi connectivity index (χ0n) is 16.3. The first-order valence-electron chi connectivity index (χ1n) is 9.30. The monoisotopic (exact) mass is 383 g/mol. The van der Waals surface area contributed by atoms with Crippen LogP contribution in [0.4, 0.5) is 5.69 Å². The van der Waals surface area contributed by atoms with Gasteiger partial charge in [0.25, 0.3) is 5.91 Å². The highest BCUT2D eigenvalue weighted by Gasteiger charge is 2.18. The van der Waals surface area contributed by atoms with Gasteiger partial charge in [0.05, 0.1) is 17.0 Å². The van der Waals surface area contributed by atoms with Crippen molar-refractivity contribution in [3.05, 3.63) is 95.6 Å². The van der Waals surface area contributed by atoms with Crippen molar-refractivity contribution < 1.29 is 9.90 Å². The Hall–Kier alpha value is -3.86. The average Bonchev–Trinajstić information content (AvgIpc) is 3.08. The molecule has 0 unspecified atom stereocenters. The lowest BCUT2D eigenvalue weighted by Crippen LogP contribution is -2.21. The van der Waals surface area contributed by atoms with Gasteiger partial charge in [-0.15, -0.1) is 0 Å². The molecular formula is C24H21N3O2. The number of nitrogens with one attached hydrogen (secondary N) is 1. The number of carbonyl (C=O) groups is 1. The van der Waals surface area contributed by atoms with E-state index in [0.29, 0.717) is 22.5 Å². The fraction of sp³-hybridized carbons (Fsp3) is 0.0833. The lowest BCUT2D eigenvalue weighted by Gasteiger charge is -2.11. The molecule has 5 heteroatoms. The Morgan fingerprint density at radius 3 is 2.34 bits per heavy atom. The van der Waals surface area contributed by atoms with Gasteiger partial charge in [0.15, 0.2) is 5.88 Å². The highest BCUT2D eigenvalue weighted by Crippen LogP contribution is 2.31. The van der Waals surface area contributed by atoms with Crippen molar-refractivity contribution in [2.75, 3.05) is 14.1 Å². The van der Waals surface area contributed by atoms with Crippen molar-refractivity contribution in [1.82, 2.24) is 9.88 Å². The molecule has 1 aromatic heterocycles. The second kappa shape index (κ2) is 7.64. The molecule has 4 rings (SSSR count). The summed E-state index contributed by atoms with van der Waals surface area (Å²) in [5, 5.41) is 11.5. The molecule has 4 aromatic rings. The van der Waals surface area contributed by atoms with E-state index < -0.39 is 0 Å². The molecule has 0 saturated carbocycles. The van der Waals surface area contributed by atoms with E-state index in [-0.39, 0.29) is 11.8 Å². The van der Waals surface area contributed by atoms with E-state index in [1.165, 1.54) is 4.90 Å². The molecular weight excluding hydrogens is 362 g/mol. The number of para-hydroxylation sites is 1. The summed E-state index contributed by atoms with van der Waals surface area (Å²) in [6.07, 6.45) is 0. The summed E-state index contributed by atoms with van der Waals surface area (Å²) in [5.74, 6) is -0.0208. The molecule has 0 radical (unpaired) electrons. The van der Waals surface area contributed by atoms with E-state index >= 15 is 0 Å². The summed E-state index contributed by atoms with van der Waals surface area (Å²) < 4.78 is 0. The topological polar surface area (TPSA) is 68.7 Å². The van der Waals surface area contributed by atoms with Gasteiger partial charge >= 0.3 is 0 Å². The molecule has 0 aliphatic heterocycles. The van der Waals surface area contributed by atoms with Crippen LogP contribution in [0.1, 0.15) is 21.5 Å². The number of nitrogens with zero attached hydrogens (tertiary/aromatic N) is 2. The van der Waals surface area contributed by atoms with Crippen LogP contribution in [-0.2, 0) is 0 Å². The van der Waals surface area contributed by atoms with Crippen LogP contribution in [0.5, 0.6) is 5.88 Å². The average molecular weight is 383 g/mol. The van der Waals surface area contributed by atoms with E-state index in [2.05, 4.69) is 4.98 Å². The van der Waals surface area contributed by atoms with Gasteiger partial charge in [-0.05, 0) is 24.3 Å². The quantitative estimate of drug-likeness (QED) is 0.500. The third kappa shape index (κ3) is 3.62. The van der Waals surface area contributed by atoms with E-state index in [4.69, 9.17) is 4.99 Å². The fourth-order valence-electron chi connectivity index (χ4n) is 3.32. The van der Waals surface area contributed by atoms with Crippen molar-refractivity contribution in [1.29, 1.82) is 0 Å². The van der Waals surface area contributed by atoms with Gasteiger partial charge in [-0.25, -0.2) is 4.99 Å². The summed E-state index contributed by atoms with van der Waals surface area (Å²) in [5.41, 5.74) is 4.18. The molecule has 0 aliphatic carbocycles. The third-order valence-corrected chi connectivity index (χ3v) is 4.71. The number of hydrogen-bond acceptors (Lipinski definition) is 3. The van der Waals surface area contributed by atoms with Gasteiger partial charge in [-0.1, -0.05) is 54.6 Å². The van der Waals surface area contributed by atoms with E-state index in [1.807, 2.05) is 66.7 Å². The van der Waals surface area contributed by atoms with Crippen LogP contribution in [0.25, 0.3) is 10.9 Å². The molecule has 1 heterocycles. The molecule has 2 N–H and O–H groups in total. The van der Waals surface area contributed by atoms with E-state index in [0.717, 1.165) is 16.5 Å². The molecule has 0 saturated heterocycles. The van der Waals surface area contributed by atoms with Crippen LogP contribution in [0.2, 0.25) is 0 Å². The number of amides is 1. The predicted octanol–water partition coefficient (Wildman–Crippen LogP) is 4.74. The first-order chi connectivity index (χ1) is 14.0. The summed E-state index contributed by atoms with van der Waals surface area (Å²) in [4.78, 5) is 21.7. The number of aliphatic imine (C=N–C) groups is 1. The van der Waals surface area contributed by atoms with Crippen LogP contribution < -0.4 is 0 Å². The van der Waals surface area contributed by atoms with E-state index in [9.17, 15) is 9.90 Å². The van der Waals surface area contributed by atoms with Crippen molar-refractivity contribution in [3.63, 3.8) is 0 Å². The maximum atomic E-state index is 12.3. The molecule has 0 fully saturated rings. The number of aromatic nitrogens is 1. The lowest BCUT2D eigenvalue weighted by atomic mass is 10.0. The predicted molar refractivity (Wildman–Crippen MR) is 116 cm³/mol. The number of H-pyrrole nitrogens is 1. The van der Waals surface area contributed by atoms with Gasteiger partial charge in [-0.3, -0.25) is 4.79 Å². The molecule has 0 bridgehead atoms. The number of benzene rings is 3. The van der Waals surface area contributed by atoms with Crippen LogP contribution >= 0.6 is 0 Å². The first kappa shape index (κ1) is 18.5. The maximum absolute atomic E-state index is 12.3. The van der Waals surface area contributed by atoms with Gasteiger partial charge in [0, 0.05) is 36.1 Å². The molecule has 144 valence electrons. The largest absolute Gasteiger partial charge is 0.494 e.